The summed E-state index contributed by atoms with van der Waals surface area (Å²) in [4.78, 5) is 10.5. The third-order valence-electron chi connectivity index (χ3n) is 3.08. The maximum Gasteiger partial charge on any atom is 0.223 e. The van der Waals surface area contributed by atoms with E-state index in [0.717, 1.165) is 23.4 Å². The van der Waals surface area contributed by atoms with Crippen LogP contribution in [-0.4, -0.2) is 49.6 Å². The number of aromatic amines is 1. The first-order chi connectivity index (χ1) is 10.6. The molecule has 2 heterocycles. The second-order valence-corrected chi connectivity index (χ2v) is 5.48. The van der Waals surface area contributed by atoms with E-state index in [-0.39, 0.29) is 0 Å². The molecule has 0 aliphatic carbocycles. The summed E-state index contributed by atoms with van der Waals surface area (Å²) in [6.07, 6.45) is 1.47. The van der Waals surface area contributed by atoms with Crippen molar-refractivity contribution in [1.29, 1.82) is 0 Å². The second kappa shape index (κ2) is 6.17. The number of hydrogen-bond acceptors (Lipinski definition) is 6. The van der Waals surface area contributed by atoms with E-state index in [0.29, 0.717) is 16.5 Å². The number of halogens is 1. The summed E-state index contributed by atoms with van der Waals surface area (Å²) in [5.41, 5.74) is 3.35. The average Bonchev–Trinajstić information content (AvgIpc) is 3.03. The Kier molecular flexibility index (Phi) is 4.08. The minimum atomic E-state index is 0.430. The van der Waals surface area contributed by atoms with Crippen LogP contribution in [0.3, 0.4) is 0 Å². The number of hydrogen-bond donors (Lipinski definition) is 1. The molecule has 0 saturated heterocycles. The molecule has 0 aliphatic rings. The van der Waals surface area contributed by atoms with Crippen molar-refractivity contribution in [2.75, 3.05) is 14.1 Å². The summed E-state index contributed by atoms with van der Waals surface area (Å²) in [5, 5.41) is 14.5. The molecule has 0 fully saturated rings. The van der Waals surface area contributed by atoms with E-state index in [4.69, 9.17) is 11.6 Å². The molecule has 1 aromatic carbocycles. The van der Waals surface area contributed by atoms with Gasteiger partial charge in [0.2, 0.25) is 5.82 Å². The summed E-state index contributed by atoms with van der Waals surface area (Å²) < 4.78 is 0. The molecule has 22 heavy (non-hydrogen) atoms. The van der Waals surface area contributed by atoms with Gasteiger partial charge in [0.15, 0.2) is 0 Å². The van der Waals surface area contributed by atoms with Crippen LogP contribution in [-0.2, 0) is 6.54 Å². The van der Waals surface area contributed by atoms with E-state index in [9.17, 15) is 0 Å². The van der Waals surface area contributed by atoms with Gasteiger partial charge in [-0.3, -0.25) is 0 Å². The van der Waals surface area contributed by atoms with Crippen molar-refractivity contribution < 1.29 is 0 Å². The number of nitrogens with zero attached hydrogens (tertiary/aromatic N) is 6. The van der Waals surface area contributed by atoms with Crippen LogP contribution in [0.4, 0.5) is 0 Å². The molecule has 3 aromatic rings. The largest absolute Gasteiger partial charge is 0.305 e. The first kappa shape index (κ1) is 14.6. The number of aromatic nitrogens is 6. The van der Waals surface area contributed by atoms with Gasteiger partial charge in [0, 0.05) is 17.1 Å². The van der Waals surface area contributed by atoms with Crippen LogP contribution in [0.2, 0.25) is 5.02 Å². The molecule has 0 spiro atoms. The van der Waals surface area contributed by atoms with Crippen LogP contribution in [0.15, 0.2) is 30.6 Å². The molecular weight excluding hydrogens is 302 g/mol. The molecule has 0 radical (unpaired) electrons. The first-order valence-corrected chi connectivity index (χ1v) is 7.00. The summed E-state index contributed by atoms with van der Waals surface area (Å²) in [7, 11) is 4.01. The number of H-pyrrole nitrogens is 1. The van der Waals surface area contributed by atoms with Crippen molar-refractivity contribution in [3.05, 3.63) is 41.2 Å². The number of rotatable bonds is 4. The Hall–Kier alpha value is -2.38. The Morgan fingerprint density at radius 1 is 1.14 bits per heavy atom. The smallest absolute Gasteiger partial charge is 0.223 e. The SMILES string of the molecule is CN(C)Cc1ccc(-c2cc(-c3nn[nH]n3)ncn2)cc1Cl. The highest BCUT2D eigenvalue weighted by atomic mass is 35.5. The van der Waals surface area contributed by atoms with E-state index < -0.39 is 0 Å². The lowest BCUT2D eigenvalue weighted by molar-refractivity contribution is 0.402. The zero-order valence-corrected chi connectivity index (χ0v) is 12.9. The van der Waals surface area contributed by atoms with Gasteiger partial charge in [0.1, 0.15) is 12.0 Å². The molecule has 2 aromatic heterocycles. The summed E-state index contributed by atoms with van der Waals surface area (Å²) >= 11 is 6.35. The molecule has 112 valence electrons. The van der Waals surface area contributed by atoms with Crippen LogP contribution < -0.4 is 0 Å². The van der Waals surface area contributed by atoms with E-state index in [1.807, 2.05) is 38.4 Å². The fourth-order valence-electron chi connectivity index (χ4n) is 2.08. The summed E-state index contributed by atoms with van der Waals surface area (Å²) in [6, 6.07) is 7.71. The van der Waals surface area contributed by atoms with Crippen LogP contribution in [0.25, 0.3) is 22.8 Å². The van der Waals surface area contributed by atoms with Gasteiger partial charge in [-0.2, -0.15) is 5.21 Å². The molecule has 8 heteroatoms. The fourth-order valence-corrected chi connectivity index (χ4v) is 2.32. The number of tetrazole rings is 1. The molecule has 7 nitrogen and oxygen atoms in total. The van der Waals surface area contributed by atoms with Crippen LogP contribution in [0.1, 0.15) is 5.56 Å². The number of benzene rings is 1. The van der Waals surface area contributed by atoms with Crippen molar-refractivity contribution in [2.24, 2.45) is 0 Å². The highest BCUT2D eigenvalue weighted by Gasteiger charge is 2.09. The lowest BCUT2D eigenvalue weighted by atomic mass is 10.1. The Labute approximate surface area is 132 Å². The van der Waals surface area contributed by atoms with Crippen LogP contribution in [0.5, 0.6) is 0 Å². The van der Waals surface area contributed by atoms with Crippen molar-refractivity contribution in [1.82, 2.24) is 35.5 Å². The topological polar surface area (TPSA) is 83.5 Å². The van der Waals surface area contributed by atoms with Gasteiger partial charge in [0.25, 0.3) is 0 Å². The molecule has 0 atom stereocenters. The zero-order chi connectivity index (χ0) is 15.5. The Morgan fingerprint density at radius 3 is 2.64 bits per heavy atom. The molecule has 0 amide bonds. The molecule has 0 unspecified atom stereocenters. The van der Waals surface area contributed by atoms with E-state index >= 15 is 0 Å². The predicted molar refractivity (Wildman–Crippen MR) is 83.0 cm³/mol. The van der Waals surface area contributed by atoms with Gasteiger partial charge >= 0.3 is 0 Å². The van der Waals surface area contributed by atoms with Gasteiger partial charge in [-0.1, -0.05) is 23.7 Å². The Morgan fingerprint density at radius 2 is 1.95 bits per heavy atom. The normalized spacial score (nSPS) is 11.1. The van der Waals surface area contributed by atoms with Gasteiger partial charge in [0.05, 0.1) is 5.69 Å². The standard InChI is InChI=1S/C14H14ClN7/c1-22(2)7-10-4-3-9(5-11(10)15)12-6-13(17-8-16-12)14-18-20-21-19-14/h3-6,8H,7H2,1-2H3,(H,18,19,20,21). The monoisotopic (exact) mass is 315 g/mol. The second-order valence-electron chi connectivity index (χ2n) is 5.07. The quantitative estimate of drug-likeness (QED) is 0.793. The first-order valence-electron chi connectivity index (χ1n) is 6.63. The Bertz CT molecular complexity index is 771. The highest BCUT2D eigenvalue weighted by molar-refractivity contribution is 6.31. The molecule has 0 bridgehead atoms. The van der Waals surface area contributed by atoms with Crippen molar-refractivity contribution >= 4 is 11.6 Å². The lowest BCUT2D eigenvalue weighted by Crippen LogP contribution is -2.10. The number of nitrogens with one attached hydrogen (secondary N) is 1. The molecule has 1 N–H and O–H groups in total. The highest BCUT2D eigenvalue weighted by Crippen LogP contribution is 2.26. The molecular formula is C14H14ClN7. The molecule has 0 aliphatic heterocycles. The maximum atomic E-state index is 6.35. The lowest BCUT2D eigenvalue weighted by Gasteiger charge is -2.12. The van der Waals surface area contributed by atoms with Crippen LogP contribution >= 0.6 is 11.6 Å². The van der Waals surface area contributed by atoms with E-state index in [2.05, 4.69) is 35.5 Å². The summed E-state index contributed by atoms with van der Waals surface area (Å²) in [5.74, 6) is 0.430. The van der Waals surface area contributed by atoms with Gasteiger partial charge < -0.3 is 4.90 Å². The van der Waals surface area contributed by atoms with Crippen LogP contribution in [0, 0.1) is 0 Å². The third-order valence-corrected chi connectivity index (χ3v) is 3.43. The minimum absolute atomic E-state index is 0.430. The van der Waals surface area contributed by atoms with Crippen molar-refractivity contribution in [3.8, 4) is 22.8 Å². The van der Waals surface area contributed by atoms with Gasteiger partial charge in [-0.05, 0) is 37.0 Å². The van der Waals surface area contributed by atoms with Crippen molar-refractivity contribution in [3.63, 3.8) is 0 Å². The molecule has 0 saturated carbocycles. The van der Waals surface area contributed by atoms with E-state index in [1.165, 1.54) is 6.33 Å². The minimum Gasteiger partial charge on any atom is -0.305 e. The Balaban J connectivity index is 1.94. The van der Waals surface area contributed by atoms with Crippen molar-refractivity contribution in [2.45, 2.75) is 6.54 Å². The predicted octanol–water partition coefficient (Wildman–Crippen LogP) is 2.04. The fraction of sp³-hybridized carbons (Fsp3) is 0.214. The van der Waals surface area contributed by atoms with E-state index in [1.54, 1.807) is 0 Å². The zero-order valence-electron chi connectivity index (χ0n) is 12.2. The maximum absolute atomic E-state index is 6.35. The molecule has 3 rings (SSSR count). The summed E-state index contributed by atoms with van der Waals surface area (Å²) in [6.45, 7) is 0.789. The van der Waals surface area contributed by atoms with Gasteiger partial charge in [-0.25, -0.2) is 9.97 Å². The third kappa shape index (κ3) is 3.10. The van der Waals surface area contributed by atoms with Gasteiger partial charge in [-0.15, -0.1) is 10.2 Å². The average molecular weight is 316 g/mol.